The Morgan fingerprint density at radius 1 is 1.12 bits per heavy atom. The molecule has 0 fully saturated rings. The molecule has 5 nitrogen and oxygen atoms in total. The first-order valence-electron chi connectivity index (χ1n) is 8.46. The van der Waals surface area contributed by atoms with Gasteiger partial charge in [0.1, 0.15) is 5.75 Å². The molecule has 0 amide bonds. The molecule has 0 aliphatic rings. The van der Waals surface area contributed by atoms with Gasteiger partial charge in [0, 0.05) is 25.6 Å². The van der Waals surface area contributed by atoms with E-state index in [9.17, 15) is 0 Å². The molecule has 1 rings (SSSR count). The fourth-order valence-corrected chi connectivity index (χ4v) is 2.13. The monoisotopic (exact) mass is 335 g/mol. The molecule has 0 atom stereocenters. The number of aliphatic imine (C=N–C) groups is 1. The van der Waals surface area contributed by atoms with Crippen molar-refractivity contribution in [2.75, 3.05) is 33.9 Å². The van der Waals surface area contributed by atoms with Crippen molar-refractivity contribution >= 4 is 5.96 Å². The first-order valence-corrected chi connectivity index (χ1v) is 8.46. The Hall–Kier alpha value is -1.75. The van der Waals surface area contributed by atoms with Gasteiger partial charge in [-0.2, -0.15) is 0 Å². The van der Waals surface area contributed by atoms with Crippen LogP contribution >= 0.6 is 0 Å². The largest absolute Gasteiger partial charge is 0.497 e. The first-order chi connectivity index (χ1) is 11.2. The van der Waals surface area contributed by atoms with Crippen LogP contribution in [0.15, 0.2) is 29.3 Å². The van der Waals surface area contributed by atoms with E-state index in [4.69, 9.17) is 9.47 Å². The predicted molar refractivity (Wildman–Crippen MR) is 101 cm³/mol. The number of hydrogen-bond acceptors (Lipinski definition) is 3. The Morgan fingerprint density at radius 2 is 1.83 bits per heavy atom. The maximum Gasteiger partial charge on any atom is 0.191 e. The summed E-state index contributed by atoms with van der Waals surface area (Å²) in [6.45, 7) is 12.7. The second-order valence-electron chi connectivity index (χ2n) is 7.13. The summed E-state index contributed by atoms with van der Waals surface area (Å²) in [6, 6.07) is 8.20. The lowest BCUT2D eigenvalue weighted by Crippen LogP contribution is -2.44. The molecule has 24 heavy (non-hydrogen) atoms. The molecule has 0 aromatic heterocycles. The quantitative estimate of drug-likeness (QED) is 0.566. The van der Waals surface area contributed by atoms with E-state index in [2.05, 4.69) is 48.5 Å². The van der Waals surface area contributed by atoms with Crippen LogP contribution in [0.25, 0.3) is 0 Å². The van der Waals surface area contributed by atoms with Gasteiger partial charge in [-0.1, -0.05) is 26.0 Å². The summed E-state index contributed by atoms with van der Waals surface area (Å²) in [7, 11) is 3.40. The van der Waals surface area contributed by atoms with Crippen molar-refractivity contribution in [2.45, 2.75) is 45.6 Å². The second-order valence-corrected chi connectivity index (χ2v) is 7.13. The third-order valence-electron chi connectivity index (χ3n) is 4.06. The average molecular weight is 335 g/mol. The van der Waals surface area contributed by atoms with Crippen LogP contribution in [0.5, 0.6) is 5.75 Å². The lowest BCUT2D eigenvalue weighted by atomic mass is 9.84. The molecule has 0 aliphatic heterocycles. The zero-order chi connectivity index (χ0) is 18.2. The summed E-state index contributed by atoms with van der Waals surface area (Å²) in [5.41, 5.74) is 0.897. The van der Waals surface area contributed by atoms with Crippen molar-refractivity contribution in [1.82, 2.24) is 10.6 Å². The fraction of sp³-hybridized carbons (Fsp3) is 0.632. The van der Waals surface area contributed by atoms with Gasteiger partial charge in [-0.25, -0.2) is 0 Å². The van der Waals surface area contributed by atoms with Crippen LogP contribution in [0.3, 0.4) is 0 Å². The summed E-state index contributed by atoms with van der Waals surface area (Å²) in [6.07, 6.45) is 0. The minimum atomic E-state index is -0.273. The van der Waals surface area contributed by atoms with Crippen molar-refractivity contribution in [3.8, 4) is 5.75 Å². The highest BCUT2D eigenvalue weighted by molar-refractivity contribution is 5.79. The molecular weight excluding hydrogens is 302 g/mol. The molecule has 0 radical (unpaired) electrons. The summed E-state index contributed by atoms with van der Waals surface area (Å²) in [4.78, 5) is 4.63. The van der Waals surface area contributed by atoms with Gasteiger partial charge in [-0.3, -0.25) is 4.99 Å². The van der Waals surface area contributed by atoms with Gasteiger partial charge < -0.3 is 20.1 Å². The standard InChI is InChI=1S/C19H33N3O2/c1-8-20-17(22-14-19(4,5)24-7)21-13-18(2,3)15-10-9-11-16(12-15)23-6/h9-12H,8,13-14H2,1-7H3,(H2,20,21,22). The molecule has 0 unspecified atom stereocenters. The number of nitrogens with zero attached hydrogens (tertiary/aromatic N) is 1. The highest BCUT2D eigenvalue weighted by atomic mass is 16.5. The van der Waals surface area contributed by atoms with E-state index in [0.717, 1.165) is 24.8 Å². The number of methoxy groups -OCH3 is 2. The predicted octanol–water partition coefficient (Wildman–Crippen LogP) is 2.95. The molecule has 5 heteroatoms. The highest BCUT2D eigenvalue weighted by Crippen LogP contribution is 2.25. The molecule has 0 bridgehead atoms. The summed E-state index contributed by atoms with van der Waals surface area (Å²) in [5.74, 6) is 1.68. The molecular formula is C19H33N3O2. The van der Waals surface area contributed by atoms with E-state index in [1.54, 1.807) is 14.2 Å². The number of guanidine groups is 1. The zero-order valence-electron chi connectivity index (χ0n) is 16.2. The SMILES string of the molecule is CCNC(=NCC(C)(C)OC)NCC(C)(C)c1cccc(OC)c1. The van der Waals surface area contributed by atoms with Crippen molar-refractivity contribution in [2.24, 2.45) is 4.99 Å². The lowest BCUT2D eigenvalue weighted by Gasteiger charge is -2.27. The summed E-state index contributed by atoms with van der Waals surface area (Å²) >= 11 is 0. The van der Waals surface area contributed by atoms with Crippen LogP contribution in [0.2, 0.25) is 0 Å². The van der Waals surface area contributed by atoms with Gasteiger partial charge in [-0.05, 0) is 38.5 Å². The van der Waals surface area contributed by atoms with E-state index in [-0.39, 0.29) is 11.0 Å². The van der Waals surface area contributed by atoms with Gasteiger partial charge in [-0.15, -0.1) is 0 Å². The zero-order valence-corrected chi connectivity index (χ0v) is 16.2. The fourth-order valence-electron chi connectivity index (χ4n) is 2.13. The minimum absolute atomic E-state index is 0.0541. The number of ether oxygens (including phenoxy) is 2. The maximum absolute atomic E-state index is 5.43. The van der Waals surface area contributed by atoms with E-state index >= 15 is 0 Å². The van der Waals surface area contributed by atoms with Crippen LogP contribution in [0.1, 0.15) is 40.2 Å². The Kier molecular flexibility index (Phi) is 7.55. The number of nitrogens with one attached hydrogen (secondary N) is 2. The molecule has 136 valence electrons. The minimum Gasteiger partial charge on any atom is -0.497 e. The van der Waals surface area contributed by atoms with Crippen molar-refractivity contribution < 1.29 is 9.47 Å². The van der Waals surface area contributed by atoms with Crippen LogP contribution in [-0.2, 0) is 10.2 Å². The molecule has 0 saturated heterocycles. The Labute approximate surface area is 146 Å². The molecule has 1 aromatic rings. The Balaban J connectivity index is 2.78. The van der Waals surface area contributed by atoms with E-state index in [1.165, 1.54) is 5.56 Å². The lowest BCUT2D eigenvalue weighted by molar-refractivity contribution is 0.0310. The topological polar surface area (TPSA) is 54.9 Å². The third kappa shape index (κ3) is 6.40. The molecule has 0 saturated carbocycles. The van der Waals surface area contributed by atoms with Crippen molar-refractivity contribution in [3.63, 3.8) is 0 Å². The van der Waals surface area contributed by atoms with Crippen LogP contribution in [-0.4, -0.2) is 45.4 Å². The number of hydrogen-bond donors (Lipinski definition) is 2. The van der Waals surface area contributed by atoms with Gasteiger partial charge in [0.2, 0.25) is 0 Å². The van der Waals surface area contributed by atoms with Crippen molar-refractivity contribution in [1.29, 1.82) is 0 Å². The van der Waals surface area contributed by atoms with E-state index in [1.807, 2.05) is 26.0 Å². The van der Waals surface area contributed by atoms with Gasteiger partial charge in [0.15, 0.2) is 5.96 Å². The third-order valence-corrected chi connectivity index (χ3v) is 4.06. The Bertz CT molecular complexity index is 539. The average Bonchev–Trinajstić information content (AvgIpc) is 2.57. The number of rotatable bonds is 8. The molecule has 2 N–H and O–H groups in total. The van der Waals surface area contributed by atoms with Crippen molar-refractivity contribution in [3.05, 3.63) is 29.8 Å². The first kappa shape index (κ1) is 20.3. The van der Waals surface area contributed by atoms with Crippen LogP contribution in [0.4, 0.5) is 0 Å². The molecule has 0 spiro atoms. The summed E-state index contributed by atoms with van der Waals surface area (Å²) < 4.78 is 10.8. The Morgan fingerprint density at radius 3 is 2.42 bits per heavy atom. The highest BCUT2D eigenvalue weighted by Gasteiger charge is 2.22. The van der Waals surface area contributed by atoms with Gasteiger partial charge in [0.05, 0.1) is 19.3 Å². The van der Waals surface area contributed by atoms with Crippen LogP contribution in [0, 0.1) is 0 Å². The molecule has 1 aromatic carbocycles. The van der Waals surface area contributed by atoms with E-state index in [0.29, 0.717) is 6.54 Å². The normalized spacial score (nSPS) is 12.9. The van der Waals surface area contributed by atoms with Gasteiger partial charge in [0.25, 0.3) is 0 Å². The van der Waals surface area contributed by atoms with E-state index < -0.39 is 0 Å². The van der Waals surface area contributed by atoms with Gasteiger partial charge >= 0.3 is 0 Å². The number of benzene rings is 1. The summed E-state index contributed by atoms with van der Waals surface area (Å²) in [5, 5.41) is 6.72. The van der Waals surface area contributed by atoms with Crippen LogP contribution < -0.4 is 15.4 Å². The smallest absolute Gasteiger partial charge is 0.191 e. The maximum atomic E-state index is 5.43. The molecule has 0 aliphatic carbocycles. The second kappa shape index (κ2) is 8.92. The molecule has 0 heterocycles.